The van der Waals surface area contributed by atoms with Gasteiger partial charge in [-0.3, -0.25) is 9.36 Å². The number of hydrogen-bond acceptors (Lipinski definition) is 6. The molecule has 1 aliphatic heterocycles. The van der Waals surface area contributed by atoms with Crippen LogP contribution in [-0.2, 0) is 16.1 Å². The van der Waals surface area contributed by atoms with Gasteiger partial charge in [-0.15, -0.1) is 10.2 Å². The highest BCUT2D eigenvalue weighted by Gasteiger charge is 2.32. The molecule has 0 bridgehead atoms. The highest BCUT2D eigenvalue weighted by Crippen LogP contribution is 2.41. The van der Waals surface area contributed by atoms with Crippen LogP contribution < -0.4 is 4.90 Å². The lowest BCUT2D eigenvalue weighted by Gasteiger charge is -2.28. The number of anilines is 1. The van der Waals surface area contributed by atoms with Crippen LogP contribution in [0.5, 0.6) is 0 Å². The number of benzene rings is 1. The third-order valence-corrected chi connectivity index (χ3v) is 6.58. The third kappa shape index (κ3) is 5.35. The molecule has 1 saturated heterocycles. The first-order valence-corrected chi connectivity index (χ1v) is 11.9. The van der Waals surface area contributed by atoms with E-state index in [9.17, 15) is 4.79 Å². The normalized spacial score (nSPS) is 16.6. The lowest BCUT2D eigenvalue weighted by molar-refractivity contribution is -0.129. The Morgan fingerprint density at radius 3 is 2.63 bits per heavy atom. The van der Waals surface area contributed by atoms with E-state index in [0.29, 0.717) is 31.5 Å². The van der Waals surface area contributed by atoms with Gasteiger partial charge in [0.25, 0.3) is 0 Å². The zero-order valence-electron chi connectivity index (χ0n) is 17.7. The molecule has 0 spiro atoms. The van der Waals surface area contributed by atoms with Crippen molar-refractivity contribution in [1.29, 1.82) is 0 Å². The van der Waals surface area contributed by atoms with Gasteiger partial charge in [0.05, 0.1) is 12.4 Å². The van der Waals surface area contributed by atoms with E-state index < -0.39 is 0 Å². The van der Waals surface area contributed by atoms with Crippen molar-refractivity contribution in [3.8, 4) is 0 Å². The van der Waals surface area contributed by atoms with Crippen LogP contribution in [0.3, 0.4) is 0 Å². The molecule has 1 aromatic heterocycles. The second kappa shape index (κ2) is 10.3. The van der Waals surface area contributed by atoms with Crippen LogP contribution in [0.25, 0.3) is 0 Å². The summed E-state index contributed by atoms with van der Waals surface area (Å²) in [6.45, 7) is 3.81. The summed E-state index contributed by atoms with van der Waals surface area (Å²) in [5.41, 5.74) is 1.13. The van der Waals surface area contributed by atoms with Crippen LogP contribution in [0.4, 0.5) is 5.95 Å². The maximum Gasteiger partial charge on any atom is 0.233 e. The second-order valence-electron chi connectivity index (χ2n) is 8.01. The summed E-state index contributed by atoms with van der Waals surface area (Å²) in [4.78, 5) is 17.2. The molecular formula is C22H31N5O2S. The highest BCUT2D eigenvalue weighted by molar-refractivity contribution is 7.99. The molecule has 2 aliphatic rings. The first kappa shape index (κ1) is 21.2. The van der Waals surface area contributed by atoms with Gasteiger partial charge in [0.1, 0.15) is 0 Å². The third-order valence-electron chi connectivity index (χ3n) is 5.66. The molecule has 0 radical (unpaired) electrons. The van der Waals surface area contributed by atoms with Crippen LogP contribution >= 0.6 is 11.8 Å². The van der Waals surface area contributed by atoms with Gasteiger partial charge < -0.3 is 14.5 Å². The van der Waals surface area contributed by atoms with Crippen LogP contribution in [0.15, 0.2) is 35.5 Å². The van der Waals surface area contributed by atoms with Crippen molar-refractivity contribution in [3.05, 3.63) is 35.9 Å². The molecule has 1 aromatic carbocycles. The van der Waals surface area contributed by atoms with Crippen molar-refractivity contribution in [3.63, 3.8) is 0 Å². The van der Waals surface area contributed by atoms with E-state index in [1.165, 1.54) is 43.9 Å². The number of rotatable bonds is 10. The zero-order valence-corrected chi connectivity index (χ0v) is 18.5. The van der Waals surface area contributed by atoms with Gasteiger partial charge in [-0.2, -0.15) is 0 Å². The van der Waals surface area contributed by atoms with Crippen molar-refractivity contribution >= 4 is 23.6 Å². The molecule has 4 rings (SSSR count). The van der Waals surface area contributed by atoms with E-state index in [1.807, 2.05) is 23.1 Å². The Hall–Kier alpha value is -2.06. The average Bonchev–Trinajstić information content (AvgIpc) is 3.55. The monoisotopic (exact) mass is 429 g/mol. The summed E-state index contributed by atoms with van der Waals surface area (Å²) in [6, 6.07) is 10.6. The Morgan fingerprint density at radius 1 is 1.17 bits per heavy atom. The summed E-state index contributed by atoms with van der Waals surface area (Å²) < 4.78 is 7.50. The zero-order chi connectivity index (χ0) is 20.8. The van der Waals surface area contributed by atoms with Crippen LogP contribution in [0, 0.1) is 0 Å². The summed E-state index contributed by atoms with van der Waals surface area (Å²) in [6.07, 6.45) is 6.07. The smallest absolute Gasteiger partial charge is 0.233 e. The van der Waals surface area contributed by atoms with E-state index in [0.717, 1.165) is 29.8 Å². The van der Waals surface area contributed by atoms with Gasteiger partial charge in [-0.1, -0.05) is 42.1 Å². The maximum atomic E-state index is 13.0. The standard InChI is InChI=1S/C22H31N5O2S/c1-29-15-14-26(16-18-8-4-2-5-9-18)20(28)17-30-22-24-23-21(27(22)19-10-11-19)25-12-6-3-7-13-25/h2,4-5,8-9,19H,3,6-7,10-17H2,1H3. The number of ether oxygens (including phenoxy) is 1. The van der Waals surface area contributed by atoms with Crippen LogP contribution in [0.2, 0.25) is 0 Å². The highest BCUT2D eigenvalue weighted by atomic mass is 32.2. The largest absolute Gasteiger partial charge is 0.383 e. The lowest BCUT2D eigenvalue weighted by Crippen LogP contribution is -2.34. The Labute approximate surface area is 182 Å². The van der Waals surface area contributed by atoms with Crippen molar-refractivity contribution in [1.82, 2.24) is 19.7 Å². The van der Waals surface area contributed by atoms with Crippen molar-refractivity contribution < 1.29 is 9.53 Å². The van der Waals surface area contributed by atoms with Crippen molar-refractivity contribution in [2.45, 2.75) is 49.8 Å². The molecule has 2 aromatic rings. The first-order valence-electron chi connectivity index (χ1n) is 10.9. The van der Waals surface area contributed by atoms with E-state index in [-0.39, 0.29) is 5.91 Å². The van der Waals surface area contributed by atoms with Gasteiger partial charge in [-0.05, 0) is 37.7 Å². The van der Waals surface area contributed by atoms with Gasteiger partial charge in [0, 0.05) is 39.3 Å². The topological polar surface area (TPSA) is 63.5 Å². The molecule has 2 heterocycles. The van der Waals surface area contributed by atoms with Gasteiger partial charge in [0.15, 0.2) is 5.16 Å². The van der Waals surface area contributed by atoms with Crippen molar-refractivity contribution in [2.75, 3.05) is 44.0 Å². The van der Waals surface area contributed by atoms with Crippen LogP contribution in [0.1, 0.15) is 43.7 Å². The molecule has 0 unspecified atom stereocenters. The number of thioether (sulfide) groups is 1. The summed E-state index contributed by atoms with van der Waals surface area (Å²) >= 11 is 1.51. The van der Waals surface area contributed by atoms with E-state index in [2.05, 4.69) is 31.8 Å². The molecule has 162 valence electrons. The number of nitrogens with zero attached hydrogens (tertiary/aromatic N) is 5. The minimum absolute atomic E-state index is 0.103. The van der Waals surface area contributed by atoms with E-state index >= 15 is 0 Å². The molecule has 2 fully saturated rings. The summed E-state index contributed by atoms with van der Waals surface area (Å²) in [5.74, 6) is 1.46. The fourth-order valence-electron chi connectivity index (χ4n) is 3.84. The lowest BCUT2D eigenvalue weighted by atomic mass is 10.1. The number of carbonyl (C=O) groups excluding carboxylic acids is 1. The molecular weight excluding hydrogens is 398 g/mol. The number of methoxy groups -OCH3 is 1. The minimum Gasteiger partial charge on any atom is -0.383 e. The molecule has 1 amide bonds. The Kier molecular flexibility index (Phi) is 7.28. The molecule has 8 heteroatoms. The molecule has 0 atom stereocenters. The maximum absolute atomic E-state index is 13.0. The quantitative estimate of drug-likeness (QED) is 0.540. The van der Waals surface area contributed by atoms with E-state index in [1.54, 1.807) is 7.11 Å². The Morgan fingerprint density at radius 2 is 1.93 bits per heavy atom. The molecule has 0 N–H and O–H groups in total. The predicted octanol–water partition coefficient (Wildman–Crippen LogP) is 3.37. The Bertz CT molecular complexity index is 818. The summed E-state index contributed by atoms with van der Waals surface area (Å²) in [5, 5.41) is 9.86. The van der Waals surface area contributed by atoms with Crippen molar-refractivity contribution in [2.24, 2.45) is 0 Å². The molecule has 7 nitrogen and oxygen atoms in total. The summed E-state index contributed by atoms with van der Waals surface area (Å²) in [7, 11) is 1.67. The Balaban J connectivity index is 1.42. The van der Waals surface area contributed by atoms with Gasteiger partial charge >= 0.3 is 0 Å². The fraction of sp³-hybridized carbons (Fsp3) is 0.591. The minimum atomic E-state index is 0.103. The number of amides is 1. The van der Waals surface area contributed by atoms with Gasteiger partial charge in [-0.25, -0.2) is 0 Å². The first-order chi connectivity index (χ1) is 14.8. The SMILES string of the molecule is COCCN(Cc1ccccc1)C(=O)CSc1nnc(N2CCCCC2)n1C1CC1. The van der Waals surface area contributed by atoms with E-state index in [4.69, 9.17) is 4.74 Å². The number of carbonyl (C=O) groups is 1. The fourth-order valence-corrected chi connectivity index (χ4v) is 4.75. The molecule has 30 heavy (non-hydrogen) atoms. The van der Waals surface area contributed by atoms with Gasteiger partial charge in [0.2, 0.25) is 11.9 Å². The predicted molar refractivity (Wildman–Crippen MR) is 119 cm³/mol. The van der Waals surface area contributed by atoms with Crippen LogP contribution in [-0.4, -0.2) is 64.7 Å². The number of hydrogen-bond donors (Lipinski definition) is 0. The molecule has 1 aliphatic carbocycles. The second-order valence-corrected chi connectivity index (χ2v) is 8.96. The number of aromatic nitrogens is 3. The average molecular weight is 430 g/mol. The number of piperidine rings is 1. The molecule has 1 saturated carbocycles.